The third-order valence-electron chi connectivity index (χ3n) is 2.51. The van der Waals surface area contributed by atoms with Gasteiger partial charge in [-0.1, -0.05) is 17.7 Å². The van der Waals surface area contributed by atoms with Crippen molar-refractivity contribution in [3.05, 3.63) is 57.0 Å². The van der Waals surface area contributed by atoms with E-state index in [9.17, 15) is 8.78 Å². The van der Waals surface area contributed by atoms with Crippen LogP contribution in [-0.2, 0) is 6.54 Å². The van der Waals surface area contributed by atoms with E-state index in [-0.39, 0.29) is 6.54 Å². The Labute approximate surface area is 122 Å². The summed E-state index contributed by atoms with van der Waals surface area (Å²) in [5, 5.41) is 12.5. The van der Waals surface area contributed by atoms with E-state index >= 15 is 0 Å². The van der Waals surface area contributed by atoms with Crippen molar-refractivity contribution in [2.75, 3.05) is 5.32 Å². The smallest absolute Gasteiger partial charge is 0.187 e. The maximum Gasteiger partial charge on any atom is 0.187 e. The molecule has 0 aliphatic rings. The second-order valence-electron chi connectivity index (χ2n) is 3.86. The van der Waals surface area contributed by atoms with Crippen molar-refractivity contribution in [1.29, 1.82) is 0 Å². The topological polar surface area (TPSA) is 32.3 Å². The minimum Gasteiger partial charge on any atom is -0.503 e. The van der Waals surface area contributed by atoms with Gasteiger partial charge in [0.15, 0.2) is 17.4 Å². The summed E-state index contributed by atoms with van der Waals surface area (Å²) in [4.78, 5) is 0. The Hall–Kier alpha value is -1.33. The highest BCUT2D eigenvalue weighted by atomic mass is 79.9. The van der Waals surface area contributed by atoms with Crippen LogP contribution in [-0.4, -0.2) is 5.11 Å². The monoisotopic (exact) mass is 347 g/mol. The van der Waals surface area contributed by atoms with E-state index in [1.54, 1.807) is 18.2 Å². The summed E-state index contributed by atoms with van der Waals surface area (Å²) in [7, 11) is 0. The largest absolute Gasteiger partial charge is 0.503 e. The number of benzene rings is 2. The highest BCUT2D eigenvalue weighted by molar-refractivity contribution is 9.10. The number of phenols is 1. The van der Waals surface area contributed by atoms with Crippen LogP contribution in [0.1, 0.15) is 5.56 Å². The molecular weight excluding hydrogens is 340 g/mol. The maximum absolute atomic E-state index is 13.2. The molecule has 0 amide bonds. The van der Waals surface area contributed by atoms with Crippen LogP contribution in [0.3, 0.4) is 0 Å². The zero-order valence-electron chi connectivity index (χ0n) is 9.55. The lowest BCUT2D eigenvalue weighted by molar-refractivity contribution is 0.395. The molecule has 2 aromatic rings. The number of rotatable bonds is 3. The van der Waals surface area contributed by atoms with Crippen LogP contribution in [0.5, 0.6) is 5.75 Å². The van der Waals surface area contributed by atoms with E-state index in [0.717, 1.165) is 12.1 Å². The molecule has 19 heavy (non-hydrogen) atoms. The third-order valence-corrected chi connectivity index (χ3v) is 3.91. The lowest BCUT2D eigenvalue weighted by atomic mass is 10.2. The molecule has 0 aliphatic carbocycles. The number of anilines is 1. The lowest BCUT2D eigenvalue weighted by Crippen LogP contribution is -2.01. The molecule has 0 bridgehead atoms. The lowest BCUT2D eigenvalue weighted by Gasteiger charge is -2.10. The van der Waals surface area contributed by atoms with E-state index in [2.05, 4.69) is 21.2 Å². The second-order valence-corrected chi connectivity index (χ2v) is 5.06. The fourth-order valence-electron chi connectivity index (χ4n) is 1.56. The van der Waals surface area contributed by atoms with Gasteiger partial charge >= 0.3 is 0 Å². The molecule has 100 valence electrons. The van der Waals surface area contributed by atoms with Gasteiger partial charge in [-0.25, -0.2) is 8.78 Å². The fourth-order valence-corrected chi connectivity index (χ4v) is 2.14. The fraction of sp³-hybridized carbons (Fsp3) is 0.0769. The van der Waals surface area contributed by atoms with Gasteiger partial charge in [0.25, 0.3) is 0 Å². The van der Waals surface area contributed by atoms with Crippen LogP contribution in [0.15, 0.2) is 34.8 Å². The molecular formula is C13H9BrClF2NO. The minimum absolute atomic E-state index is 0.201. The quantitative estimate of drug-likeness (QED) is 0.843. The van der Waals surface area contributed by atoms with Crippen molar-refractivity contribution in [2.24, 2.45) is 0 Å². The molecule has 0 heterocycles. The zero-order valence-corrected chi connectivity index (χ0v) is 11.9. The Morgan fingerprint density at radius 1 is 1.21 bits per heavy atom. The number of nitrogens with one attached hydrogen (secondary N) is 1. The Morgan fingerprint density at radius 3 is 2.47 bits per heavy atom. The van der Waals surface area contributed by atoms with E-state index in [4.69, 9.17) is 16.7 Å². The molecule has 0 aliphatic heterocycles. The van der Waals surface area contributed by atoms with E-state index < -0.39 is 17.4 Å². The highest BCUT2D eigenvalue weighted by Gasteiger charge is 2.10. The van der Waals surface area contributed by atoms with Gasteiger partial charge < -0.3 is 10.4 Å². The molecule has 0 saturated heterocycles. The van der Waals surface area contributed by atoms with Gasteiger partial charge in [0.2, 0.25) is 0 Å². The first kappa shape index (κ1) is 14.1. The molecule has 6 heteroatoms. The van der Waals surface area contributed by atoms with Crippen molar-refractivity contribution in [3.63, 3.8) is 0 Å². The van der Waals surface area contributed by atoms with E-state index in [0.29, 0.717) is 20.7 Å². The summed E-state index contributed by atoms with van der Waals surface area (Å²) in [6, 6.07) is 7.40. The number of hydrogen-bond donors (Lipinski definition) is 2. The van der Waals surface area contributed by atoms with Crippen LogP contribution >= 0.6 is 27.5 Å². The van der Waals surface area contributed by atoms with Gasteiger partial charge in [-0.15, -0.1) is 0 Å². The number of aromatic hydroxyl groups is 1. The third kappa shape index (κ3) is 3.16. The summed E-state index contributed by atoms with van der Waals surface area (Å²) < 4.78 is 27.0. The molecule has 2 N–H and O–H groups in total. The molecule has 0 saturated carbocycles. The molecule has 0 spiro atoms. The van der Waals surface area contributed by atoms with Crippen LogP contribution < -0.4 is 5.32 Å². The first-order valence-corrected chi connectivity index (χ1v) is 6.51. The predicted molar refractivity (Wildman–Crippen MR) is 74.5 cm³/mol. The molecule has 2 aromatic carbocycles. The van der Waals surface area contributed by atoms with Gasteiger partial charge in [0, 0.05) is 6.54 Å². The van der Waals surface area contributed by atoms with Crippen molar-refractivity contribution in [3.8, 4) is 5.75 Å². The zero-order chi connectivity index (χ0) is 14.0. The van der Waals surface area contributed by atoms with Gasteiger partial charge in [-0.05, 0) is 45.8 Å². The summed E-state index contributed by atoms with van der Waals surface area (Å²) in [5.41, 5.74) is 1.08. The van der Waals surface area contributed by atoms with Crippen molar-refractivity contribution in [2.45, 2.75) is 6.54 Å². The highest BCUT2D eigenvalue weighted by Crippen LogP contribution is 2.30. The van der Waals surface area contributed by atoms with E-state index in [1.165, 1.54) is 0 Å². The number of phenolic OH excluding ortho intramolecular Hbond substituents is 1. The van der Waals surface area contributed by atoms with Crippen LogP contribution in [0, 0.1) is 11.6 Å². The van der Waals surface area contributed by atoms with E-state index in [1.807, 2.05) is 0 Å². The SMILES string of the molecule is Oc1c(F)cc(CNc2cccc(Cl)c2Br)cc1F. The standard InChI is InChI=1S/C13H9BrClF2NO/c14-12-8(15)2-1-3-11(12)18-6-7-4-9(16)13(19)10(17)5-7/h1-5,18-19H,6H2. The molecule has 0 unspecified atom stereocenters. The Morgan fingerprint density at radius 2 is 1.84 bits per heavy atom. The van der Waals surface area contributed by atoms with Gasteiger partial charge in [0.05, 0.1) is 15.2 Å². The molecule has 2 nitrogen and oxygen atoms in total. The molecule has 0 fully saturated rings. The Kier molecular flexibility index (Phi) is 4.27. The van der Waals surface area contributed by atoms with Crippen LogP contribution in [0.4, 0.5) is 14.5 Å². The minimum atomic E-state index is -0.984. The molecule has 0 aromatic heterocycles. The average Bonchev–Trinajstić information content (AvgIpc) is 2.37. The van der Waals surface area contributed by atoms with Gasteiger partial charge in [-0.2, -0.15) is 0 Å². The summed E-state index contributed by atoms with van der Waals surface area (Å²) in [6.07, 6.45) is 0. The van der Waals surface area contributed by atoms with Crippen molar-refractivity contribution < 1.29 is 13.9 Å². The molecule has 0 radical (unpaired) electrons. The number of hydrogen-bond acceptors (Lipinski definition) is 2. The molecule has 2 rings (SSSR count). The first-order chi connectivity index (χ1) is 8.99. The summed E-state index contributed by atoms with van der Waals surface area (Å²) in [5.74, 6) is -2.93. The van der Waals surface area contributed by atoms with Gasteiger partial charge in [0.1, 0.15) is 0 Å². The predicted octanol–water partition coefficient (Wildman–Crippen LogP) is 4.70. The van der Waals surface area contributed by atoms with Crippen LogP contribution in [0.2, 0.25) is 5.02 Å². The second kappa shape index (κ2) is 5.75. The maximum atomic E-state index is 13.2. The van der Waals surface area contributed by atoms with Crippen molar-refractivity contribution in [1.82, 2.24) is 0 Å². The Balaban J connectivity index is 2.17. The number of halogens is 4. The van der Waals surface area contributed by atoms with Crippen LogP contribution in [0.25, 0.3) is 0 Å². The van der Waals surface area contributed by atoms with Crippen molar-refractivity contribution >= 4 is 33.2 Å². The first-order valence-electron chi connectivity index (χ1n) is 5.34. The average molecular weight is 349 g/mol. The summed E-state index contributed by atoms with van der Waals surface area (Å²) >= 11 is 9.24. The summed E-state index contributed by atoms with van der Waals surface area (Å²) in [6.45, 7) is 0.201. The normalized spacial score (nSPS) is 10.5. The Bertz CT molecular complexity index is 599. The molecule has 0 atom stereocenters. The van der Waals surface area contributed by atoms with Gasteiger partial charge in [-0.3, -0.25) is 0 Å².